The third-order valence-electron chi connectivity index (χ3n) is 3.50. The molecule has 0 unspecified atom stereocenters. The highest BCUT2D eigenvalue weighted by atomic mass is 16.5. The second-order valence-corrected chi connectivity index (χ2v) is 5.02. The number of hydrogen-bond acceptors (Lipinski definition) is 3. The van der Waals surface area contributed by atoms with Gasteiger partial charge in [0.05, 0.1) is 18.0 Å². The van der Waals surface area contributed by atoms with Crippen molar-refractivity contribution in [1.82, 2.24) is 4.98 Å². The highest BCUT2D eigenvalue weighted by Crippen LogP contribution is 2.22. The van der Waals surface area contributed by atoms with Gasteiger partial charge in [0.2, 0.25) is 0 Å². The first-order valence-electron chi connectivity index (χ1n) is 6.44. The Morgan fingerprint density at radius 1 is 1.29 bits per heavy atom. The zero-order valence-corrected chi connectivity index (χ0v) is 11.0. The minimum Gasteiger partial charge on any atom is -0.381 e. The first-order valence-corrected chi connectivity index (χ1v) is 6.44. The van der Waals surface area contributed by atoms with Gasteiger partial charge in [-0.15, -0.1) is 0 Å². The molecule has 1 fully saturated rings. The molecular formula is C14H22N2O. The summed E-state index contributed by atoms with van der Waals surface area (Å²) in [6, 6.07) is 4.33. The van der Waals surface area contributed by atoms with Crippen molar-refractivity contribution in [2.45, 2.75) is 38.7 Å². The highest BCUT2D eigenvalue weighted by molar-refractivity contribution is 5.45. The Balaban J connectivity index is 1.99. The molecule has 1 saturated heterocycles. The summed E-state index contributed by atoms with van der Waals surface area (Å²) >= 11 is 0. The standard InChI is InChI=1S/C14H22N2O/c1-11(2)14-5-4-12(10-15-14)16-8-6-13(17-3)7-9-16/h4-5,10-11,13H,6-9H2,1-3H3. The van der Waals surface area contributed by atoms with E-state index in [1.165, 1.54) is 11.4 Å². The highest BCUT2D eigenvalue weighted by Gasteiger charge is 2.18. The van der Waals surface area contributed by atoms with E-state index in [9.17, 15) is 0 Å². The summed E-state index contributed by atoms with van der Waals surface area (Å²) in [5.74, 6) is 0.503. The van der Waals surface area contributed by atoms with Crippen LogP contribution >= 0.6 is 0 Å². The first kappa shape index (κ1) is 12.4. The minimum atomic E-state index is 0.439. The average molecular weight is 234 g/mol. The summed E-state index contributed by atoms with van der Waals surface area (Å²) in [4.78, 5) is 6.92. The molecule has 0 spiro atoms. The van der Waals surface area contributed by atoms with Gasteiger partial charge in [0.25, 0.3) is 0 Å². The van der Waals surface area contributed by atoms with Gasteiger partial charge in [-0.25, -0.2) is 0 Å². The molecule has 1 aromatic rings. The molecule has 1 aliphatic rings. The minimum absolute atomic E-state index is 0.439. The molecule has 2 heterocycles. The van der Waals surface area contributed by atoms with E-state index in [-0.39, 0.29) is 0 Å². The molecule has 3 heteroatoms. The zero-order chi connectivity index (χ0) is 12.3. The van der Waals surface area contributed by atoms with Crippen molar-refractivity contribution in [1.29, 1.82) is 0 Å². The van der Waals surface area contributed by atoms with E-state index in [4.69, 9.17) is 4.74 Å². The van der Waals surface area contributed by atoms with Gasteiger partial charge >= 0.3 is 0 Å². The molecule has 94 valence electrons. The van der Waals surface area contributed by atoms with Gasteiger partial charge in [0, 0.05) is 25.9 Å². The number of hydrogen-bond donors (Lipinski definition) is 0. The van der Waals surface area contributed by atoms with Crippen molar-refractivity contribution in [2.75, 3.05) is 25.1 Å². The van der Waals surface area contributed by atoms with E-state index in [1.54, 1.807) is 7.11 Å². The van der Waals surface area contributed by atoms with E-state index in [0.29, 0.717) is 12.0 Å². The van der Waals surface area contributed by atoms with Crippen LogP contribution in [0.15, 0.2) is 18.3 Å². The van der Waals surface area contributed by atoms with E-state index in [0.717, 1.165) is 25.9 Å². The van der Waals surface area contributed by atoms with Crippen LogP contribution in [-0.4, -0.2) is 31.3 Å². The van der Waals surface area contributed by atoms with Crippen molar-refractivity contribution in [3.8, 4) is 0 Å². The maximum Gasteiger partial charge on any atom is 0.0605 e. The fraction of sp³-hybridized carbons (Fsp3) is 0.643. The van der Waals surface area contributed by atoms with Gasteiger partial charge in [-0.05, 0) is 30.9 Å². The number of anilines is 1. The number of piperidine rings is 1. The van der Waals surface area contributed by atoms with Crippen molar-refractivity contribution in [2.24, 2.45) is 0 Å². The molecule has 0 saturated carbocycles. The molecule has 0 aromatic carbocycles. The summed E-state index contributed by atoms with van der Waals surface area (Å²) in [7, 11) is 1.80. The van der Waals surface area contributed by atoms with Crippen LogP contribution in [0.4, 0.5) is 5.69 Å². The average Bonchev–Trinajstić information content (AvgIpc) is 2.39. The molecule has 0 aliphatic carbocycles. The van der Waals surface area contributed by atoms with E-state index < -0.39 is 0 Å². The number of methoxy groups -OCH3 is 1. The van der Waals surface area contributed by atoms with Crippen LogP contribution < -0.4 is 4.90 Å². The fourth-order valence-electron chi connectivity index (χ4n) is 2.28. The van der Waals surface area contributed by atoms with Crippen LogP contribution in [0.3, 0.4) is 0 Å². The summed E-state index contributed by atoms with van der Waals surface area (Å²) in [5.41, 5.74) is 2.41. The molecule has 0 radical (unpaired) electrons. The van der Waals surface area contributed by atoms with Gasteiger partial charge in [0.1, 0.15) is 0 Å². The number of aromatic nitrogens is 1. The summed E-state index contributed by atoms with van der Waals surface area (Å²) < 4.78 is 5.38. The first-order chi connectivity index (χ1) is 8.20. The quantitative estimate of drug-likeness (QED) is 0.804. The van der Waals surface area contributed by atoms with Crippen LogP contribution in [0.25, 0.3) is 0 Å². The number of nitrogens with zero attached hydrogens (tertiary/aromatic N) is 2. The Kier molecular flexibility index (Phi) is 4.00. The topological polar surface area (TPSA) is 25.4 Å². The number of ether oxygens (including phenoxy) is 1. The lowest BCUT2D eigenvalue weighted by Crippen LogP contribution is -2.36. The second kappa shape index (κ2) is 5.50. The summed E-state index contributed by atoms with van der Waals surface area (Å²) in [5, 5.41) is 0. The van der Waals surface area contributed by atoms with E-state index in [1.807, 2.05) is 6.20 Å². The Morgan fingerprint density at radius 2 is 2.00 bits per heavy atom. The van der Waals surface area contributed by atoms with E-state index in [2.05, 4.69) is 35.9 Å². The predicted molar refractivity (Wildman–Crippen MR) is 70.6 cm³/mol. The number of rotatable bonds is 3. The van der Waals surface area contributed by atoms with Crippen molar-refractivity contribution in [3.63, 3.8) is 0 Å². The van der Waals surface area contributed by atoms with Crippen LogP contribution in [0.5, 0.6) is 0 Å². The second-order valence-electron chi connectivity index (χ2n) is 5.02. The molecular weight excluding hydrogens is 212 g/mol. The smallest absolute Gasteiger partial charge is 0.0605 e. The summed E-state index contributed by atoms with van der Waals surface area (Å²) in [6.07, 6.45) is 4.67. The number of pyridine rings is 1. The lowest BCUT2D eigenvalue weighted by molar-refractivity contribution is 0.0819. The molecule has 0 amide bonds. The van der Waals surface area contributed by atoms with Crippen molar-refractivity contribution < 1.29 is 4.74 Å². The Labute approximate surface area is 104 Å². The van der Waals surface area contributed by atoms with Crippen LogP contribution in [0.1, 0.15) is 38.3 Å². The fourth-order valence-corrected chi connectivity index (χ4v) is 2.28. The molecule has 3 nitrogen and oxygen atoms in total. The monoisotopic (exact) mass is 234 g/mol. The van der Waals surface area contributed by atoms with E-state index >= 15 is 0 Å². The molecule has 2 rings (SSSR count). The van der Waals surface area contributed by atoms with Gasteiger partial charge in [-0.1, -0.05) is 13.8 Å². The van der Waals surface area contributed by atoms with Crippen molar-refractivity contribution >= 4 is 5.69 Å². The Bertz CT molecular complexity index is 340. The maximum absolute atomic E-state index is 5.38. The molecule has 17 heavy (non-hydrogen) atoms. The molecule has 0 atom stereocenters. The van der Waals surface area contributed by atoms with Crippen LogP contribution in [0, 0.1) is 0 Å². The third-order valence-corrected chi connectivity index (χ3v) is 3.50. The third kappa shape index (κ3) is 2.97. The SMILES string of the molecule is COC1CCN(c2ccc(C(C)C)nc2)CC1. The normalized spacial score (nSPS) is 17.8. The Hall–Kier alpha value is -1.09. The molecule has 1 aromatic heterocycles. The lowest BCUT2D eigenvalue weighted by Gasteiger charge is -2.32. The molecule has 0 N–H and O–H groups in total. The zero-order valence-electron chi connectivity index (χ0n) is 11.0. The maximum atomic E-state index is 5.38. The van der Waals surface area contributed by atoms with Gasteiger partial charge in [-0.3, -0.25) is 4.98 Å². The molecule has 1 aliphatic heterocycles. The molecule has 0 bridgehead atoms. The van der Waals surface area contributed by atoms with Crippen molar-refractivity contribution in [3.05, 3.63) is 24.0 Å². The van der Waals surface area contributed by atoms with Crippen LogP contribution in [0.2, 0.25) is 0 Å². The van der Waals surface area contributed by atoms with Crippen LogP contribution in [-0.2, 0) is 4.74 Å². The largest absolute Gasteiger partial charge is 0.381 e. The lowest BCUT2D eigenvalue weighted by atomic mass is 10.1. The predicted octanol–water partition coefficient (Wildman–Crippen LogP) is 2.82. The summed E-state index contributed by atoms with van der Waals surface area (Å²) in [6.45, 7) is 6.49. The van der Waals surface area contributed by atoms with Gasteiger partial charge < -0.3 is 9.64 Å². The Morgan fingerprint density at radius 3 is 2.47 bits per heavy atom. The van der Waals surface area contributed by atoms with Gasteiger partial charge in [0.15, 0.2) is 0 Å². The van der Waals surface area contributed by atoms with Gasteiger partial charge in [-0.2, -0.15) is 0 Å².